The van der Waals surface area contributed by atoms with E-state index in [0.29, 0.717) is 0 Å². The van der Waals surface area contributed by atoms with Crippen molar-refractivity contribution in [3.8, 4) is 11.5 Å². The van der Waals surface area contributed by atoms with Crippen LogP contribution in [0.5, 0.6) is 11.5 Å². The average Bonchev–Trinajstić information content (AvgIpc) is 2.31. The number of anilines is 1. The molecule has 78 valence electrons. The van der Waals surface area contributed by atoms with Crippen molar-refractivity contribution in [1.29, 1.82) is 0 Å². The Bertz CT molecular complexity index is 287. The van der Waals surface area contributed by atoms with Crippen molar-refractivity contribution in [3.63, 3.8) is 0 Å². The molecule has 0 fully saturated rings. The maximum atomic E-state index is 5.42. The largest absolute Gasteiger partial charge is 0.497 e. The van der Waals surface area contributed by atoms with Crippen molar-refractivity contribution < 1.29 is 9.47 Å². The van der Waals surface area contributed by atoms with Crippen LogP contribution in [0.2, 0.25) is 0 Å². The molecule has 14 heavy (non-hydrogen) atoms. The van der Waals surface area contributed by atoms with Gasteiger partial charge in [-0.3, -0.25) is 0 Å². The van der Waals surface area contributed by atoms with Gasteiger partial charge in [-0.1, -0.05) is 13.8 Å². The lowest BCUT2D eigenvalue weighted by atomic mass is 10.2. The van der Waals surface area contributed by atoms with Gasteiger partial charge in [0, 0.05) is 12.6 Å². The van der Waals surface area contributed by atoms with Gasteiger partial charge in [0.15, 0.2) is 0 Å². The molecule has 0 aliphatic carbocycles. The number of benzene rings is 1. The van der Waals surface area contributed by atoms with Crippen molar-refractivity contribution >= 4 is 5.69 Å². The van der Waals surface area contributed by atoms with Crippen molar-refractivity contribution in [3.05, 3.63) is 18.2 Å². The molecule has 2 rings (SSSR count). The Hall–Kier alpha value is -1.38. The molecule has 1 aliphatic heterocycles. The molecule has 0 radical (unpaired) electrons. The summed E-state index contributed by atoms with van der Waals surface area (Å²) in [6, 6.07) is 5.77. The van der Waals surface area contributed by atoms with Gasteiger partial charge in [-0.05, 0) is 12.1 Å². The molecule has 3 nitrogen and oxygen atoms in total. The highest BCUT2D eigenvalue weighted by Gasteiger charge is 2.09. The predicted octanol–water partition coefficient (Wildman–Crippen LogP) is 2.53. The summed E-state index contributed by atoms with van der Waals surface area (Å²) in [6.07, 6.45) is 0. The zero-order valence-corrected chi connectivity index (χ0v) is 8.96. The van der Waals surface area contributed by atoms with E-state index in [0.717, 1.165) is 30.3 Å². The van der Waals surface area contributed by atoms with E-state index in [1.54, 1.807) is 7.11 Å². The van der Waals surface area contributed by atoms with Crippen LogP contribution in [0.4, 0.5) is 5.69 Å². The Morgan fingerprint density at radius 1 is 1.36 bits per heavy atom. The molecule has 0 bridgehead atoms. The summed E-state index contributed by atoms with van der Waals surface area (Å²) in [5.41, 5.74) is 1.04. The Kier molecular flexibility index (Phi) is 4.11. The molecule has 0 unspecified atom stereocenters. The molecule has 0 saturated heterocycles. The van der Waals surface area contributed by atoms with E-state index in [2.05, 4.69) is 5.32 Å². The van der Waals surface area contributed by atoms with Crippen LogP contribution < -0.4 is 14.8 Å². The van der Waals surface area contributed by atoms with Crippen LogP contribution in [0, 0.1) is 0 Å². The summed E-state index contributed by atoms with van der Waals surface area (Å²) >= 11 is 0. The number of fused-ring (bicyclic) bond motifs is 1. The van der Waals surface area contributed by atoms with Gasteiger partial charge in [0.25, 0.3) is 0 Å². The Morgan fingerprint density at radius 2 is 2.14 bits per heavy atom. The molecule has 0 atom stereocenters. The fourth-order valence-corrected chi connectivity index (χ4v) is 1.24. The van der Waals surface area contributed by atoms with Crippen molar-refractivity contribution in [2.75, 3.05) is 25.6 Å². The molecule has 1 aliphatic rings. The maximum Gasteiger partial charge on any atom is 0.146 e. The quantitative estimate of drug-likeness (QED) is 0.747. The first-order valence-corrected chi connectivity index (χ1v) is 4.95. The highest BCUT2D eigenvalue weighted by Crippen LogP contribution is 2.30. The summed E-state index contributed by atoms with van der Waals surface area (Å²) in [5, 5.41) is 3.23. The molecule has 1 aromatic carbocycles. The van der Waals surface area contributed by atoms with E-state index in [9.17, 15) is 0 Å². The van der Waals surface area contributed by atoms with E-state index in [-0.39, 0.29) is 0 Å². The van der Waals surface area contributed by atoms with Crippen LogP contribution in [0.25, 0.3) is 0 Å². The number of ether oxygens (including phenoxy) is 2. The fourth-order valence-electron chi connectivity index (χ4n) is 1.24. The number of hydrogen-bond donors (Lipinski definition) is 1. The van der Waals surface area contributed by atoms with Crippen molar-refractivity contribution in [1.82, 2.24) is 0 Å². The number of hydrogen-bond acceptors (Lipinski definition) is 3. The van der Waals surface area contributed by atoms with E-state index in [4.69, 9.17) is 9.47 Å². The molecule has 1 aromatic rings. The van der Waals surface area contributed by atoms with Gasteiger partial charge < -0.3 is 14.8 Å². The van der Waals surface area contributed by atoms with Gasteiger partial charge in [-0.2, -0.15) is 0 Å². The van der Waals surface area contributed by atoms with Gasteiger partial charge >= 0.3 is 0 Å². The smallest absolute Gasteiger partial charge is 0.146 e. The van der Waals surface area contributed by atoms with Crippen LogP contribution in [-0.4, -0.2) is 20.3 Å². The summed E-state index contributed by atoms with van der Waals surface area (Å²) < 4.78 is 10.5. The molecule has 0 amide bonds. The first-order valence-electron chi connectivity index (χ1n) is 4.95. The topological polar surface area (TPSA) is 30.5 Å². The average molecular weight is 195 g/mol. The lowest BCUT2D eigenvalue weighted by Gasteiger charge is -2.19. The third-order valence-electron chi connectivity index (χ3n) is 1.86. The summed E-state index contributed by atoms with van der Waals surface area (Å²) in [4.78, 5) is 0. The fraction of sp³-hybridized carbons (Fsp3) is 0.455. The van der Waals surface area contributed by atoms with Gasteiger partial charge in [-0.25, -0.2) is 0 Å². The Morgan fingerprint density at radius 3 is 2.86 bits per heavy atom. The van der Waals surface area contributed by atoms with E-state index in [1.165, 1.54) is 0 Å². The first-order chi connectivity index (χ1) is 6.90. The summed E-state index contributed by atoms with van der Waals surface area (Å²) in [7, 11) is 1.65. The lowest BCUT2D eigenvalue weighted by molar-refractivity contribution is 0.320. The minimum atomic E-state index is 0.722. The number of rotatable bonds is 1. The standard InChI is InChI=1S/C9H11NO2.C2H6/c1-11-7-2-3-8-9(6-7)12-5-4-10-8;1-2/h2-3,6,10H,4-5H2,1H3;1-2H3. The van der Waals surface area contributed by atoms with Crippen molar-refractivity contribution in [2.45, 2.75) is 13.8 Å². The second kappa shape index (κ2) is 5.37. The second-order valence-electron chi connectivity index (χ2n) is 2.64. The molecular weight excluding hydrogens is 178 g/mol. The SMILES string of the molecule is CC.COc1ccc2c(c1)OCCN2. The minimum absolute atomic E-state index is 0.722. The van der Waals surface area contributed by atoms with Gasteiger partial charge in [0.1, 0.15) is 18.1 Å². The second-order valence-corrected chi connectivity index (χ2v) is 2.64. The molecule has 0 saturated carbocycles. The normalized spacial score (nSPS) is 12.5. The molecule has 3 heteroatoms. The van der Waals surface area contributed by atoms with Gasteiger partial charge in [0.05, 0.1) is 12.8 Å². The van der Waals surface area contributed by atoms with E-state index >= 15 is 0 Å². The summed E-state index contributed by atoms with van der Waals surface area (Å²) in [6.45, 7) is 5.60. The molecule has 0 aromatic heterocycles. The minimum Gasteiger partial charge on any atom is -0.497 e. The number of nitrogens with one attached hydrogen (secondary N) is 1. The van der Waals surface area contributed by atoms with Gasteiger partial charge in [-0.15, -0.1) is 0 Å². The third kappa shape index (κ3) is 2.31. The monoisotopic (exact) mass is 195 g/mol. The molecular formula is C11H17NO2. The molecule has 1 heterocycles. The molecule has 0 spiro atoms. The van der Waals surface area contributed by atoms with E-state index < -0.39 is 0 Å². The summed E-state index contributed by atoms with van der Waals surface area (Å²) in [5.74, 6) is 1.71. The van der Waals surface area contributed by atoms with Crippen LogP contribution in [-0.2, 0) is 0 Å². The molecule has 1 N–H and O–H groups in total. The van der Waals surface area contributed by atoms with Crippen LogP contribution in [0.1, 0.15) is 13.8 Å². The van der Waals surface area contributed by atoms with E-state index in [1.807, 2.05) is 32.0 Å². The third-order valence-corrected chi connectivity index (χ3v) is 1.86. The van der Waals surface area contributed by atoms with Crippen LogP contribution in [0.15, 0.2) is 18.2 Å². The predicted molar refractivity (Wildman–Crippen MR) is 58.3 cm³/mol. The lowest BCUT2D eigenvalue weighted by Crippen LogP contribution is -2.17. The van der Waals surface area contributed by atoms with Crippen LogP contribution in [0.3, 0.4) is 0 Å². The Labute approximate surface area is 85.0 Å². The number of methoxy groups -OCH3 is 1. The maximum absolute atomic E-state index is 5.42. The Balaban J connectivity index is 0.000000461. The van der Waals surface area contributed by atoms with Gasteiger partial charge in [0.2, 0.25) is 0 Å². The van der Waals surface area contributed by atoms with Crippen molar-refractivity contribution in [2.24, 2.45) is 0 Å². The van der Waals surface area contributed by atoms with Crippen LogP contribution >= 0.6 is 0 Å². The highest BCUT2D eigenvalue weighted by atomic mass is 16.5. The zero-order valence-electron chi connectivity index (χ0n) is 8.96. The highest BCUT2D eigenvalue weighted by molar-refractivity contribution is 5.60. The first kappa shape index (κ1) is 10.7. The zero-order chi connectivity index (χ0) is 10.4.